The van der Waals surface area contributed by atoms with Crippen LogP contribution in [-0.2, 0) is 0 Å². The number of hydrogen-bond acceptors (Lipinski definition) is 5. The molecule has 112 valence electrons. The summed E-state index contributed by atoms with van der Waals surface area (Å²) in [5.74, 6) is 0.769. The molecule has 1 heterocycles. The van der Waals surface area contributed by atoms with Crippen LogP contribution in [0.15, 0.2) is 48.2 Å². The summed E-state index contributed by atoms with van der Waals surface area (Å²) in [6.45, 7) is 0. The Morgan fingerprint density at radius 1 is 1.27 bits per heavy atom. The van der Waals surface area contributed by atoms with Gasteiger partial charge < -0.3 is 14.6 Å². The molecular weight excluding hydrogens is 286 g/mol. The molecule has 0 fully saturated rings. The van der Waals surface area contributed by atoms with E-state index in [1.165, 1.54) is 19.3 Å². The second kappa shape index (κ2) is 5.40. The number of benzene rings is 2. The Labute approximate surface area is 126 Å². The van der Waals surface area contributed by atoms with Crippen LogP contribution in [0.1, 0.15) is 17.2 Å². The van der Waals surface area contributed by atoms with E-state index in [1.54, 1.807) is 36.4 Å². The zero-order valence-electron chi connectivity index (χ0n) is 11.7. The first-order valence-corrected chi connectivity index (χ1v) is 6.58. The maximum absolute atomic E-state index is 11.3. The highest BCUT2D eigenvalue weighted by atomic mass is 16.6. The number of para-hydroxylation sites is 1. The van der Waals surface area contributed by atoms with Gasteiger partial charge in [-0.05, 0) is 18.2 Å². The minimum atomic E-state index is -0.887. The van der Waals surface area contributed by atoms with E-state index >= 15 is 0 Å². The molecule has 0 unspecified atom stereocenters. The molecule has 3 rings (SSSR count). The molecule has 1 aliphatic heterocycles. The average Bonchev–Trinajstić information content (AvgIpc) is 2.53. The number of methoxy groups -OCH3 is 1. The average molecular weight is 299 g/mol. The highest BCUT2D eigenvalue weighted by Gasteiger charge is 2.33. The fourth-order valence-electron chi connectivity index (χ4n) is 2.39. The van der Waals surface area contributed by atoms with Crippen molar-refractivity contribution in [2.24, 2.45) is 0 Å². The number of aromatic hydroxyl groups is 1. The summed E-state index contributed by atoms with van der Waals surface area (Å²) in [4.78, 5) is 10.9. The molecule has 0 saturated heterocycles. The molecule has 1 atom stereocenters. The Balaban J connectivity index is 2.07. The lowest BCUT2D eigenvalue weighted by molar-refractivity contribution is -0.434. The van der Waals surface area contributed by atoms with E-state index in [9.17, 15) is 15.2 Å². The number of hydrogen-bond donors (Lipinski definition) is 1. The minimum absolute atomic E-state index is 0.0803. The predicted molar refractivity (Wildman–Crippen MR) is 79.4 cm³/mol. The van der Waals surface area contributed by atoms with E-state index in [4.69, 9.17) is 9.47 Å². The largest absolute Gasteiger partial charge is 0.504 e. The standard InChI is InChI=1S/C16H13NO5/c1-21-15-7-6-11(9-13(15)18)16-12(17(19)20)8-10-4-2-3-5-14(10)22-16/h2-9,16,18H,1H3/t16-/m1/s1. The lowest BCUT2D eigenvalue weighted by Gasteiger charge is -2.22. The molecule has 1 aliphatic rings. The molecule has 0 bridgehead atoms. The highest BCUT2D eigenvalue weighted by molar-refractivity contribution is 5.62. The second-order valence-electron chi connectivity index (χ2n) is 4.79. The van der Waals surface area contributed by atoms with Gasteiger partial charge in [0, 0.05) is 17.2 Å². The van der Waals surface area contributed by atoms with Crippen LogP contribution in [0.3, 0.4) is 0 Å². The van der Waals surface area contributed by atoms with Crippen LogP contribution in [0.25, 0.3) is 6.08 Å². The van der Waals surface area contributed by atoms with Gasteiger partial charge in [0.25, 0.3) is 5.70 Å². The first-order chi connectivity index (χ1) is 10.6. The maximum Gasteiger partial charge on any atom is 0.291 e. The summed E-state index contributed by atoms with van der Waals surface area (Å²) in [7, 11) is 1.43. The van der Waals surface area contributed by atoms with Crippen molar-refractivity contribution in [1.29, 1.82) is 0 Å². The normalized spacial score (nSPS) is 16.2. The molecule has 0 aromatic heterocycles. The van der Waals surface area contributed by atoms with Crippen molar-refractivity contribution < 1.29 is 19.5 Å². The van der Waals surface area contributed by atoms with Crippen LogP contribution >= 0.6 is 0 Å². The van der Waals surface area contributed by atoms with E-state index in [-0.39, 0.29) is 11.4 Å². The summed E-state index contributed by atoms with van der Waals surface area (Å²) >= 11 is 0. The predicted octanol–water partition coefficient (Wildman–Crippen LogP) is 3.15. The molecule has 2 aromatic rings. The summed E-state index contributed by atoms with van der Waals surface area (Å²) < 4.78 is 10.7. The van der Waals surface area contributed by atoms with E-state index in [2.05, 4.69) is 0 Å². The topological polar surface area (TPSA) is 81.8 Å². The SMILES string of the molecule is COc1ccc([C@H]2Oc3ccccc3C=C2[N+](=O)[O-])cc1O. The molecule has 2 aromatic carbocycles. The lowest BCUT2D eigenvalue weighted by atomic mass is 10.0. The van der Waals surface area contributed by atoms with Crippen LogP contribution in [0.4, 0.5) is 0 Å². The van der Waals surface area contributed by atoms with Crippen LogP contribution < -0.4 is 9.47 Å². The van der Waals surface area contributed by atoms with Gasteiger partial charge in [-0.25, -0.2) is 0 Å². The van der Waals surface area contributed by atoms with Crippen LogP contribution in [0.2, 0.25) is 0 Å². The van der Waals surface area contributed by atoms with Gasteiger partial charge in [-0.1, -0.05) is 24.3 Å². The van der Waals surface area contributed by atoms with E-state index in [1.807, 2.05) is 0 Å². The number of nitro groups is 1. The Morgan fingerprint density at radius 3 is 2.73 bits per heavy atom. The third-order valence-electron chi connectivity index (χ3n) is 3.45. The minimum Gasteiger partial charge on any atom is -0.504 e. The smallest absolute Gasteiger partial charge is 0.291 e. The third kappa shape index (κ3) is 2.35. The van der Waals surface area contributed by atoms with Gasteiger partial charge >= 0.3 is 0 Å². The van der Waals surface area contributed by atoms with E-state index in [0.29, 0.717) is 22.6 Å². The fraction of sp³-hybridized carbons (Fsp3) is 0.125. The maximum atomic E-state index is 11.3. The molecule has 6 nitrogen and oxygen atoms in total. The molecule has 1 N–H and O–H groups in total. The zero-order valence-corrected chi connectivity index (χ0v) is 11.7. The van der Waals surface area contributed by atoms with E-state index < -0.39 is 11.0 Å². The van der Waals surface area contributed by atoms with Gasteiger partial charge in [0.2, 0.25) is 6.10 Å². The molecule has 0 spiro atoms. The Hall–Kier alpha value is -3.02. The number of fused-ring (bicyclic) bond motifs is 1. The first kappa shape index (κ1) is 13.9. The van der Waals surface area contributed by atoms with E-state index in [0.717, 1.165) is 0 Å². The van der Waals surface area contributed by atoms with Crippen molar-refractivity contribution >= 4 is 6.08 Å². The van der Waals surface area contributed by atoms with Gasteiger partial charge in [-0.3, -0.25) is 10.1 Å². The molecular formula is C16H13NO5. The number of nitrogens with zero attached hydrogens (tertiary/aromatic N) is 1. The Morgan fingerprint density at radius 2 is 2.05 bits per heavy atom. The number of ether oxygens (including phenoxy) is 2. The lowest BCUT2D eigenvalue weighted by Crippen LogP contribution is -2.19. The summed E-state index contributed by atoms with van der Waals surface area (Å²) in [6, 6.07) is 11.7. The van der Waals surface area contributed by atoms with Gasteiger partial charge in [-0.15, -0.1) is 0 Å². The highest BCUT2D eigenvalue weighted by Crippen LogP contribution is 2.39. The van der Waals surface area contributed by atoms with Crippen LogP contribution in [0, 0.1) is 10.1 Å². The Kier molecular flexibility index (Phi) is 3.42. The van der Waals surface area contributed by atoms with Gasteiger partial charge in [-0.2, -0.15) is 0 Å². The quantitative estimate of drug-likeness (QED) is 0.695. The molecule has 22 heavy (non-hydrogen) atoms. The molecule has 0 saturated carbocycles. The van der Waals surface area contributed by atoms with Crippen molar-refractivity contribution in [3.8, 4) is 17.2 Å². The molecule has 6 heteroatoms. The monoisotopic (exact) mass is 299 g/mol. The molecule has 0 radical (unpaired) electrons. The molecule has 0 aliphatic carbocycles. The number of phenols is 1. The fourth-order valence-corrected chi connectivity index (χ4v) is 2.39. The summed E-state index contributed by atoms with van der Waals surface area (Å²) in [5.41, 5.74) is 1.06. The molecule has 0 amide bonds. The van der Waals surface area contributed by atoms with Crippen molar-refractivity contribution in [2.45, 2.75) is 6.10 Å². The van der Waals surface area contributed by atoms with Gasteiger partial charge in [0.1, 0.15) is 5.75 Å². The van der Waals surface area contributed by atoms with Crippen molar-refractivity contribution in [3.05, 3.63) is 69.4 Å². The zero-order chi connectivity index (χ0) is 15.7. The first-order valence-electron chi connectivity index (χ1n) is 6.58. The number of rotatable bonds is 3. The van der Waals surface area contributed by atoms with Crippen molar-refractivity contribution in [1.82, 2.24) is 0 Å². The third-order valence-corrected chi connectivity index (χ3v) is 3.45. The Bertz CT molecular complexity index is 769. The summed E-state index contributed by atoms with van der Waals surface area (Å²) in [6.07, 6.45) is 0.604. The van der Waals surface area contributed by atoms with Crippen molar-refractivity contribution in [2.75, 3.05) is 7.11 Å². The van der Waals surface area contributed by atoms with Crippen molar-refractivity contribution in [3.63, 3.8) is 0 Å². The summed E-state index contributed by atoms with van der Waals surface area (Å²) in [5, 5.41) is 21.2. The second-order valence-corrected chi connectivity index (χ2v) is 4.79. The number of phenolic OH excluding ortho intramolecular Hbond substituents is 1. The van der Waals surface area contributed by atoms with Crippen LogP contribution in [-0.4, -0.2) is 17.1 Å². The van der Waals surface area contributed by atoms with Gasteiger partial charge in [0.15, 0.2) is 11.5 Å². The van der Waals surface area contributed by atoms with Crippen LogP contribution in [0.5, 0.6) is 17.2 Å². The van der Waals surface area contributed by atoms with Gasteiger partial charge in [0.05, 0.1) is 12.0 Å².